The Morgan fingerprint density at radius 3 is 2.77 bits per heavy atom. The quantitative estimate of drug-likeness (QED) is 0.753. The second kappa shape index (κ2) is 7.53. The fourth-order valence-electron chi connectivity index (χ4n) is 3.99. The van der Waals surface area contributed by atoms with Gasteiger partial charge in [-0.15, -0.1) is 0 Å². The molecule has 138 valence electrons. The van der Waals surface area contributed by atoms with Gasteiger partial charge in [0, 0.05) is 35.4 Å². The van der Waals surface area contributed by atoms with Gasteiger partial charge in [0.25, 0.3) is 5.91 Å². The second-order valence-corrected chi connectivity index (χ2v) is 8.24. The molecule has 1 saturated heterocycles. The maximum absolute atomic E-state index is 13.3. The summed E-state index contributed by atoms with van der Waals surface area (Å²) >= 11 is 3.55. The topological polar surface area (TPSA) is 41.4 Å². The van der Waals surface area contributed by atoms with Crippen LogP contribution in [-0.2, 0) is 12.8 Å². The predicted molar refractivity (Wildman–Crippen MR) is 106 cm³/mol. The Balaban J connectivity index is 1.71. The number of nitrogens with zero attached hydrogens (tertiary/aromatic N) is 4. The Morgan fingerprint density at radius 1 is 1.08 bits per heavy atom. The van der Waals surface area contributed by atoms with Gasteiger partial charge in [-0.05, 0) is 63.9 Å². The van der Waals surface area contributed by atoms with Crippen LogP contribution in [0, 0.1) is 0 Å². The lowest BCUT2D eigenvalue weighted by atomic mass is 9.95. The summed E-state index contributed by atoms with van der Waals surface area (Å²) in [7, 11) is 2.12. The van der Waals surface area contributed by atoms with Gasteiger partial charge in [-0.3, -0.25) is 4.79 Å². The smallest absolute Gasteiger partial charge is 0.274 e. The number of carbonyl (C=O) groups excluding carboxylic acids is 1. The van der Waals surface area contributed by atoms with E-state index in [4.69, 9.17) is 5.10 Å². The van der Waals surface area contributed by atoms with Crippen molar-refractivity contribution in [3.05, 3.63) is 45.7 Å². The van der Waals surface area contributed by atoms with Crippen molar-refractivity contribution in [3.8, 4) is 5.69 Å². The van der Waals surface area contributed by atoms with Crippen LogP contribution in [0.3, 0.4) is 0 Å². The zero-order valence-electron chi connectivity index (χ0n) is 15.2. The predicted octanol–water partition coefficient (Wildman–Crippen LogP) is 3.29. The van der Waals surface area contributed by atoms with Gasteiger partial charge >= 0.3 is 0 Å². The highest BCUT2D eigenvalue weighted by molar-refractivity contribution is 9.10. The Labute approximate surface area is 163 Å². The number of benzene rings is 1. The summed E-state index contributed by atoms with van der Waals surface area (Å²) in [6, 6.07) is 8.15. The molecule has 1 amide bonds. The highest BCUT2D eigenvalue weighted by atomic mass is 79.9. The Bertz CT molecular complexity index is 816. The summed E-state index contributed by atoms with van der Waals surface area (Å²) in [5.41, 5.74) is 4.07. The molecule has 26 heavy (non-hydrogen) atoms. The molecule has 1 aliphatic heterocycles. The summed E-state index contributed by atoms with van der Waals surface area (Å²) in [6.45, 7) is 3.59. The van der Waals surface area contributed by atoms with Gasteiger partial charge in [0.15, 0.2) is 5.69 Å². The van der Waals surface area contributed by atoms with Gasteiger partial charge in [0.05, 0.1) is 5.69 Å². The van der Waals surface area contributed by atoms with Gasteiger partial charge in [-0.25, -0.2) is 4.68 Å². The van der Waals surface area contributed by atoms with Crippen molar-refractivity contribution in [1.29, 1.82) is 0 Å². The fraction of sp³-hybridized carbons (Fsp3) is 0.500. The van der Waals surface area contributed by atoms with Crippen molar-refractivity contribution in [1.82, 2.24) is 19.6 Å². The minimum Gasteiger partial charge on any atom is -0.336 e. The third kappa shape index (κ3) is 3.45. The second-order valence-electron chi connectivity index (χ2n) is 7.32. The molecule has 2 heterocycles. The number of amides is 1. The minimum absolute atomic E-state index is 0.104. The molecule has 1 fully saturated rings. The molecule has 1 aromatic heterocycles. The largest absolute Gasteiger partial charge is 0.336 e. The fourth-order valence-corrected chi connectivity index (χ4v) is 4.38. The van der Waals surface area contributed by atoms with Crippen LogP contribution in [0.4, 0.5) is 0 Å². The number of likely N-dealkylation sites (N-methyl/N-ethyl adjacent to an activating group) is 1. The number of rotatable bonds is 2. The van der Waals surface area contributed by atoms with Crippen LogP contribution in [0.2, 0.25) is 0 Å². The molecule has 0 saturated carbocycles. The zero-order chi connectivity index (χ0) is 18.1. The van der Waals surface area contributed by atoms with Crippen molar-refractivity contribution >= 4 is 21.8 Å². The Kier molecular flexibility index (Phi) is 5.14. The average Bonchev–Trinajstić information content (AvgIpc) is 2.90. The normalized spacial score (nSPS) is 18.5. The summed E-state index contributed by atoms with van der Waals surface area (Å²) in [5.74, 6) is 0.104. The Hall–Kier alpha value is -1.66. The lowest BCUT2D eigenvalue weighted by Crippen LogP contribution is -2.35. The van der Waals surface area contributed by atoms with Crippen molar-refractivity contribution in [3.63, 3.8) is 0 Å². The van der Waals surface area contributed by atoms with E-state index in [1.807, 2.05) is 21.7 Å². The van der Waals surface area contributed by atoms with Gasteiger partial charge in [0.2, 0.25) is 0 Å². The third-order valence-electron chi connectivity index (χ3n) is 5.44. The van der Waals surface area contributed by atoms with Crippen LogP contribution < -0.4 is 0 Å². The minimum atomic E-state index is 0.104. The molecule has 0 atom stereocenters. The van der Waals surface area contributed by atoms with Crippen molar-refractivity contribution in [2.45, 2.75) is 32.1 Å². The molecule has 0 radical (unpaired) electrons. The highest BCUT2D eigenvalue weighted by Gasteiger charge is 2.29. The number of hydrogen-bond acceptors (Lipinski definition) is 3. The van der Waals surface area contributed by atoms with E-state index in [0.717, 1.165) is 68.4 Å². The standard InChI is InChI=1S/C20H25BrN4O/c1-23-10-5-11-24(13-12-23)20(26)19-17-8-2-3-9-18(17)25(22-19)16-7-4-6-15(21)14-16/h4,6-7,14H,2-3,5,8-13H2,1H3. The van der Waals surface area contributed by atoms with E-state index < -0.39 is 0 Å². The highest BCUT2D eigenvalue weighted by Crippen LogP contribution is 2.28. The first-order chi connectivity index (χ1) is 12.6. The van der Waals surface area contributed by atoms with E-state index >= 15 is 0 Å². The molecule has 5 nitrogen and oxygen atoms in total. The monoisotopic (exact) mass is 416 g/mol. The van der Waals surface area contributed by atoms with Gasteiger partial charge in [-0.2, -0.15) is 5.10 Å². The summed E-state index contributed by atoms with van der Waals surface area (Å²) in [4.78, 5) is 17.6. The van der Waals surface area contributed by atoms with E-state index in [-0.39, 0.29) is 5.91 Å². The SMILES string of the molecule is CN1CCCN(C(=O)c2nn(-c3cccc(Br)c3)c3c2CCCC3)CC1. The number of hydrogen-bond donors (Lipinski definition) is 0. The number of fused-ring (bicyclic) bond motifs is 1. The molecule has 1 aliphatic carbocycles. The molecule has 0 N–H and O–H groups in total. The summed E-state index contributed by atoms with van der Waals surface area (Å²) < 4.78 is 3.02. The lowest BCUT2D eigenvalue weighted by Gasteiger charge is -2.20. The molecule has 4 rings (SSSR count). The van der Waals surface area contributed by atoms with E-state index in [9.17, 15) is 4.79 Å². The molecule has 0 unspecified atom stereocenters. The molecular weight excluding hydrogens is 392 g/mol. The molecule has 2 aliphatic rings. The van der Waals surface area contributed by atoms with Crippen LogP contribution >= 0.6 is 15.9 Å². The molecule has 1 aromatic carbocycles. The molecule has 2 aromatic rings. The van der Waals surface area contributed by atoms with E-state index in [1.165, 1.54) is 11.3 Å². The van der Waals surface area contributed by atoms with Crippen molar-refractivity contribution in [2.75, 3.05) is 33.2 Å². The Morgan fingerprint density at radius 2 is 1.92 bits per heavy atom. The van der Waals surface area contributed by atoms with Crippen LogP contribution in [-0.4, -0.2) is 58.7 Å². The zero-order valence-corrected chi connectivity index (χ0v) is 16.8. The number of aromatic nitrogens is 2. The van der Waals surface area contributed by atoms with E-state index in [0.29, 0.717) is 5.69 Å². The first kappa shape index (κ1) is 17.7. The molecule has 0 bridgehead atoms. The van der Waals surface area contributed by atoms with E-state index in [1.54, 1.807) is 0 Å². The van der Waals surface area contributed by atoms with Gasteiger partial charge in [-0.1, -0.05) is 22.0 Å². The number of halogens is 1. The average molecular weight is 417 g/mol. The van der Waals surface area contributed by atoms with Crippen LogP contribution in [0.1, 0.15) is 41.0 Å². The first-order valence-corrected chi connectivity index (χ1v) is 10.3. The van der Waals surface area contributed by atoms with Crippen molar-refractivity contribution < 1.29 is 4.79 Å². The molecular formula is C20H25BrN4O. The molecule has 6 heteroatoms. The summed E-state index contributed by atoms with van der Waals surface area (Å²) in [5, 5.41) is 4.82. The number of carbonyl (C=O) groups is 1. The third-order valence-corrected chi connectivity index (χ3v) is 5.94. The van der Waals surface area contributed by atoms with E-state index in [2.05, 4.69) is 40.0 Å². The maximum atomic E-state index is 13.3. The lowest BCUT2D eigenvalue weighted by molar-refractivity contribution is 0.0755. The van der Waals surface area contributed by atoms with Crippen LogP contribution in [0.15, 0.2) is 28.7 Å². The van der Waals surface area contributed by atoms with Crippen LogP contribution in [0.5, 0.6) is 0 Å². The maximum Gasteiger partial charge on any atom is 0.274 e. The van der Waals surface area contributed by atoms with Gasteiger partial charge < -0.3 is 9.80 Å². The summed E-state index contributed by atoms with van der Waals surface area (Å²) in [6.07, 6.45) is 5.27. The van der Waals surface area contributed by atoms with Gasteiger partial charge in [0.1, 0.15) is 0 Å². The molecule has 0 spiro atoms. The first-order valence-electron chi connectivity index (χ1n) is 9.48. The van der Waals surface area contributed by atoms with Crippen LogP contribution in [0.25, 0.3) is 5.69 Å². The van der Waals surface area contributed by atoms with Crippen molar-refractivity contribution in [2.24, 2.45) is 0 Å².